The van der Waals surface area contributed by atoms with Crippen LogP contribution in [0.15, 0.2) is 41.7 Å². The summed E-state index contributed by atoms with van der Waals surface area (Å²) < 4.78 is 0. The first-order valence-corrected chi connectivity index (χ1v) is 11.1. The molecule has 1 unspecified atom stereocenters. The number of benzene rings is 1. The number of halogens is 1. The highest BCUT2D eigenvalue weighted by molar-refractivity contribution is 6.30. The van der Waals surface area contributed by atoms with Crippen LogP contribution in [0.4, 0.5) is 0 Å². The summed E-state index contributed by atoms with van der Waals surface area (Å²) in [4.78, 5) is 29.1. The van der Waals surface area contributed by atoms with Gasteiger partial charge in [0.1, 0.15) is 5.82 Å². The maximum Gasteiger partial charge on any atom is 0.262 e. The fraction of sp³-hybridized carbons (Fsp3) is 0.478. The minimum atomic E-state index is -1.14. The number of fused-ring (bicyclic) bond motifs is 3. The number of rotatable bonds is 2. The van der Waals surface area contributed by atoms with Gasteiger partial charge in [0.15, 0.2) is 11.5 Å². The van der Waals surface area contributed by atoms with Gasteiger partial charge in [0, 0.05) is 22.8 Å². The van der Waals surface area contributed by atoms with E-state index in [0.29, 0.717) is 30.1 Å². The molecule has 1 aliphatic heterocycles. The molecule has 3 aliphatic rings. The molecule has 2 heterocycles. The number of aliphatic hydroxyl groups excluding tert-OH is 1. The van der Waals surface area contributed by atoms with E-state index >= 15 is 0 Å². The zero-order valence-electron chi connectivity index (χ0n) is 17.6. The predicted molar refractivity (Wildman–Crippen MR) is 117 cm³/mol. The average molecular weight is 440 g/mol. The lowest BCUT2D eigenvalue weighted by Gasteiger charge is -2.49. The molecule has 0 saturated heterocycles. The van der Waals surface area contributed by atoms with Crippen LogP contribution < -0.4 is 5.73 Å². The molecular formula is C23H26ClN5O2. The molecule has 1 amide bonds. The number of nitrogens with zero attached hydrogens (tertiary/aromatic N) is 4. The van der Waals surface area contributed by atoms with Crippen molar-refractivity contribution in [3.05, 3.63) is 58.6 Å². The summed E-state index contributed by atoms with van der Waals surface area (Å²) in [6, 6.07) is 7.45. The molecule has 1 fully saturated rings. The first-order chi connectivity index (χ1) is 14.8. The summed E-state index contributed by atoms with van der Waals surface area (Å²) in [5, 5.41) is 11.2. The van der Waals surface area contributed by atoms with E-state index in [0.717, 1.165) is 11.1 Å². The molecule has 5 rings (SSSR count). The Labute approximate surface area is 186 Å². The Balaban J connectivity index is 1.65. The first kappa shape index (κ1) is 20.4. The molecule has 2 aliphatic carbocycles. The normalized spacial score (nSPS) is 34.5. The number of guanidine groups is 1. The van der Waals surface area contributed by atoms with Crippen LogP contribution in [0.2, 0.25) is 5.02 Å². The van der Waals surface area contributed by atoms with Crippen LogP contribution in [0.25, 0.3) is 0 Å². The Hall–Kier alpha value is -2.51. The Morgan fingerprint density at radius 3 is 2.58 bits per heavy atom. The lowest BCUT2D eigenvalue weighted by molar-refractivity contribution is -0.141. The molecule has 3 N–H and O–H groups in total. The molecule has 0 radical (unpaired) electrons. The molecule has 1 saturated carbocycles. The third-order valence-corrected chi connectivity index (χ3v) is 7.62. The lowest BCUT2D eigenvalue weighted by atomic mass is 9.56. The summed E-state index contributed by atoms with van der Waals surface area (Å²) in [7, 11) is 0. The van der Waals surface area contributed by atoms with Gasteiger partial charge < -0.3 is 10.8 Å². The van der Waals surface area contributed by atoms with Gasteiger partial charge in [-0.25, -0.2) is 15.0 Å². The van der Waals surface area contributed by atoms with E-state index in [2.05, 4.69) is 9.97 Å². The second-order valence-corrected chi connectivity index (χ2v) is 9.79. The molecule has 5 atom stereocenters. The second kappa shape index (κ2) is 7.00. The van der Waals surface area contributed by atoms with Crippen LogP contribution in [0.1, 0.15) is 43.6 Å². The van der Waals surface area contributed by atoms with Crippen molar-refractivity contribution in [1.29, 1.82) is 0 Å². The fourth-order valence-electron chi connectivity index (χ4n) is 6.18. The van der Waals surface area contributed by atoms with Crippen molar-refractivity contribution in [3.63, 3.8) is 0 Å². The van der Waals surface area contributed by atoms with Crippen molar-refractivity contribution in [1.82, 2.24) is 14.9 Å². The Morgan fingerprint density at radius 1 is 1.23 bits per heavy atom. The van der Waals surface area contributed by atoms with Crippen LogP contribution in [0.3, 0.4) is 0 Å². The monoisotopic (exact) mass is 439 g/mol. The van der Waals surface area contributed by atoms with E-state index in [1.807, 2.05) is 32.0 Å². The molecule has 7 nitrogen and oxygen atoms in total. The van der Waals surface area contributed by atoms with E-state index in [4.69, 9.17) is 22.3 Å². The molecular weight excluding hydrogens is 414 g/mol. The smallest absolute Gasteiger partial charge is 0.262 e. The number of aromatic nitrogens is 2. The van der Waals surface area contributed by atoms with Crippen molar-refractivity contribution in [2.24, 2.45) is 28.0 Å². The summed E-state index contributed by atoms with van der Waals surface area (Å²) in [5.74, 6) is 0.609. The van der Waals surface area contributed by atoms with Gasteiger partial charge in [0.2, 0.25) is 0 Å². The number of nitrogens with two attached hydrogens (primary N) is 1. The number of carbonyl (C=O) groups excluding carboxylic acids is 1. The fourth-order valence-corrected chi connectivity index (χ4v) is 6.35. The third kappa shape index (κ3) is 2.83. The summed E-state index contributed by atoms with van der Waals surface area (Å²) >= 11 is 6.38. The van der Waals surface area contributed by atoms with Crippen LogP contribution in [0.5, 0.6) is 0 Å². The maximum absolute atomic E-state index is 14.2. The number of hydrogen-bond donors (Lipinski definition) is 2. The highest BCUT2D eigenvalue weighted by Crippen LogP contribution is 2.63. The van der Waals surface area contributed by atoms with Crippen molar-refractivity contribution in [2.45, 2.75) is 51.3 Å². The summed E-state index contributed by atoms with van der Waals surface area (Å²) in [5.41, 5.74) is 6.67. The number of aliphatic imine (C=N–C) groups is 1. The third-order valence-electron chi connectivity index (χ3n) is 7.38. The largest absolute Gasteiger partial charge is 0.393 e. The van der Waals surface area contributed by atoms with Gasteiger partial charge in [0.25, 0.3) is 5.91 Å². The van der Waals surface area contributed by atoms with E-state index in [1.54, 1.807) is 18.5 Å². The predicted octanol–water partition coefficient (Wildman–Crippen LogP) is 2.65. The number of carbonyl (C=O) groups is 1. The number of aliphatic hydroxyl groups is 1. The second-order valence-electron chi connectivity index (χ2n) is 9.35. The van der Waals surface area contributed by atoms with Crippen molar-refractivity contribution in [2.75, 3.05) is 0 Å². The number of hydrogen-bond acceptors (Lipinski definition) is 6. The van der Waals surface area contributed by atoms with Crippen molar-refractivity contribution >= 4 is 23.5 Å². The molecule has 31 heavy (non-hydrogen) atoms. The SMILES string of the molecule is C[C@@H]1CC2(Cc3ccc(Cl)cc3[C@]23N=C(N)N(Cc2ncccn2)C3=O)C[C@H](C)[C@H]1O. The van der Waals surface area contributed by atoms with Gasteiger partial charge in [-0.05, 0) is 60.4 Å². The summed E-state index contributed by atoms with van der Waals surface area (Å²) in [6.45, 7) is 4.26. The van der Waals surface area contributed by atoms with E-state index in [-0.39, 0.29) is 30.2 Å². The van der Waals surface area contributed by atoms with E-state index in [9.17, 15) is 9.90 Å². The van der Waals surface area contributed by atoms with Gasteiger partial charge in [-0.2, -0.15) is 0 Å². The molecule has 2 aromatic rings. The highest BCUT2D eigenvalue weighted by atomic mass is 35.5. The average Bonchev–Trinajstić information content (AvgIpc) is 3.14. The Bertz CT molecular complexity index is 1060. The maximum atomic E-state index is 14.2. The minimum Gasteiger partial charge on any atom is -0.393 e. The molecule has 0 bridgehead atoms. The Morgan fingerprint density at radius 2 is 1.90 bits per heavy atom. The highest BCUT2D eigenvalue weighted by Gasteiger charge is 2.68. The molecule has 162 valence electrons. The minimum absolute atomic E-state index is 0.0427. The molecule has 2 spiro atoms. The van der Waals surface area contributed by atoms with Gasteiger partial charge in [0.05, 0.1) is 12.6 Å². The van der Waals surface area contributed by atoms with Crippen LogP contribution in [0, 0.1) is 17.3 Å². The standard InChI is InChI=1S/C23H26ClN5O2/c1-13-9-22(10-14(2)19(13)30)11-15-4-5-16(24)8-17(15)23(22)20(31)29(21(25)28-23)12-18-26-6-3-7-27-18/h3-8,13-14,19,30H,9-12H2,1-2H3,(H2,25,28)/t13-,14+,19+,22?,23-/m1/s1. The van der Waals surface area contributed by atoms with Gasteiger partial charge in [-0.15, -0.1) is 0 Å². The van der Waals surface area contributed by atoms with Crippen LogP contribution in [-0.2, 0) is 23.3 Å². The molecule has 1 aromatic carbocycles. The zero-order chi connectivity index (χ0) is 22.0. The zero-order valence-corrected chi connectivity index (χ0v) is 18.4. The molecule has 8 heteroatoms. The number of amides is 1. The van der Waals surface area contributed by atoms with Gasteiger partial charge in [-0.1, -0.05) is 31.5 Å². The quantitative estimate of drug-likeness (QED) is 0.748. The van der Waals surface area contributed by atoms with Crippen molar-refractivity contribution < 1.29 is 9.90 Å². The van der Waals surface area contributed by atoms with E-state index in [1.165, 1.54) is 4.90 Å². The van der Waals surface area contributed by atoms with Gasteiger partial charge >= 0.3 is 0 Å². The lowest BCUT2D eigenvalue weighted by Crippen LogP contribution is -2.55. The molecule has 1 aromatic heterocycles. The topological polar surface area (TPSA) is 105 Å². The van der Waals surface area contributed by atoms with E-state index < -0.39 is 17.1 Å². The summed E-state index contributed by atoms with van der Waals surface area (Å²) in [6.07, 6.45) is 4.96. The van der Waals surface area contributed by atoms with Crippen LogP contribution in [-0.4, -0.2) is 37.9 Å². The first-order valence-electron chi connectivity index (χ1n) is 10.7. The van der Waals surface area contributed by atoms with Gasteiger partial charge in [-0.3, -0.25) is 9.69 Å². The van der Waals surface area contributed by atoms with Crippen molar-refractivity contribution in [3.8, 4) is 0 Å². The van der Waals surface area contributed by atoms with Crippen LogP contribution >= 0.6 is 11.6 Å². The Kier molecular flexibility index (Phi) is 4.61.